The minimum atomic E-state index is -1.12. The zero-order valence-corrected chi connectivity index (χ0v) is 14.1. The summed E-state index contributed by atoms with van der Waals surface area (Å²) < 4.78 is 3.81. The number of ether oxygens (including phenoxy) is 1. The Morgan fingerprint density at radius 1 is 1.13 bits per heavy atom. The van der Waals surface area contributed by atoms with Gasteiger partial charge in [-0.15, -0.1) is 23.2 Å². The Labute approximate surface area is 143 Å². The third kappa shape index (κ3) is 4.14. The third-order valence-electron chi connectivity index (χ3n) is 3.53. The van der Waals surface area contributed by atoms with Crippen LogP contribution in [0.5, 0.6) is 0 Å². The number of carbonyl (C=O) groups excluding carboxylic acids is 3. The number of hydrogen-bond donors (Lipinski definition) is 2. The molecule has 1 atom stereocenters. The predicted octanol–water partition coefficient (Wildman–Crippen LogP) is 2.71. The van der Waals surface area contributed by atoms with Gasteiger partial charge in [0.15, 0.2) is 6.61 Å². The summed E-state index contributed by atoms with van der Waals surface area (Å²) in [7, 11) is 0. The van der Waals surface area contributed by atoms with Gasteiger partial charge in [0.1, 0.15) is 9.75 Å². The number of nitrogens with one attached hydrogen (secondary N) is 2. The summed E-state index contributed by atoms with van der Waals surface area (Å²) in [5, 5.41) is 5.19. The molecule has 1 aliphatic carbocycles. The quantitative estimate of drug-likeness (QED) is 0.625. The van der Waals surface area contributed by atoms with Crippen LogP contribution >= 0.6 is 23.2 Å². The molecule has 1 fully saturated rings. The van der Waals surface area contributed by atoms with E-state index in [-0.39, 0.29) is 5.91 Å². The maximum Gasteiger partial charge on any atom is 0.315 e. The van der Waals surface area contributed by atoms with Crippen LogP contribution in [0, 0.1) is 5.41 Å². The van der Waals surface area contributed by atoms with Crippen LogP contribution in [0.4, 0.5) is 11.4 Å². The number of rotatable bonds is 5. The summed E-state index contributed by atoms with van der Waals surface area (Å²) in [6.07, 6.45) is 0.300. The fourth-order valence-corrected chi connectivity index (χ4v) is 2.64. The highest BCUT2D eigenvalue weighted by molar-refractivity contribution is 6.53. The van der Waals surface area contributed by atoms with Crippen molar-refractivity contribution in [2.24, 2.45) is 5.41 Å². The van der Waals surface area contributed by atoms with Crippen molar-refractivity contribution in [1.82, 2.24) is 0 Å². The molecule has 23 heavy (non-hydrogen) atoms. The molecular weight excluding hydrogens is 343 g/mol. The molecule has 0 unspecified atom stereocenters. The van der Waals surface area contributed by atoms with E-state index in [9.17, 15) is 14.4 Å². The maximum absolute atomic E-state index is 11.8. The first-order chi connectivity index (χ1) is 10.6. The highest BCUT2D eigenvalue weighted by Gasteiger charge is 2.69. The highest BCUT2D eigenvalue weighted by atomic mass is 35.5. The average molecular weight is 359 g/mol. The molecule has 0 radical (unpaired) electrons. The molecule has 2 rings (SSSR count). The normalized spacial score (nSPS) is 21.2. The van der Waals surface area contributed by atoms with E-state index in [1.165, 1.54) is 6.92 Å². The summed E-state index contributed by atoms with van der Waals surface area (Å²) >= 11 is 11.7. The van der Waals surface area contributed by atoms with Crippen LogP contribution < -0.4 is 10.6 Å². The van der Waals surface area contributed by atoms with Gasteiger partial charge < -0.3 is 15.4 Å². The van der Waals surface area contributed by atoms with Crippen LogP contribution in [-0.4, -0.2) is 28.7 Å². The van der Waals surface area contributed by atoms with E-state index in [4.69, 9.17) is 27.9 Å². The average Bonchev–Trinajstić information content (AvgIpc) is 2.98. The molecule has 6 nitrogen and oxygen atoms in total. The lowest BCUT2D eigenvalue weighted by Crippen LogP contribution is -2.26. The van der Waals surface area contributed by atoms with Crippen molar-refractivity contribution in [3.05, 3.63) is 24.3 Å². The minimum Gasteiger partial charge on any atom is -0.455 e. The largest absolute Gasteiger partial charge is 0.455 e. The van der Waals surface area contributed by atoms with Gasteiger partial charge in [-0.25, -0.2) is 0 Å². The molecule has 0 aromatic heterocycles. The summed E-state index contributed by atoms with van der Waals surface area (Å²) in [6.45, 7) is 2.57. The second-order valence-corrected chi connectivity index (χ2v) is 7.08. The van der Waals surface area contributed by atoms with Gasteiger partial charge in [0.2, 0.25) is 5.91 Å². The molecule has 0 spiro atoms. The number of esters is 1. The molecule has 0 heterocycles. The van der Waals surface area contributed by atoms with E-state index in [0.29, 0.717) is 17.8 Å². The van der Waals surface area contributed by atoms with E-state index < -0.39 is 28.2 Å². The van der Waals surface area contributed by atoms with Crippen LogP contribution in [0.2, 0.25) is 0 Å². The van der Waals surface area contributed by atoms with Gasteiger partial charge in [-0.2, -0.15) is 0 Å². The van der Waals surface area contributed by atoms with Crippen molar-refractivity contribution in [1.29, 1.82) is 0 Å². The molecule has 8 heteroatoms. The Balaban J connectivity index is 1.81. The van der Waals surface area contributed by atoms with Crippen molar-refractivity contribution in [3.8, 4) is 0 Å². The molecule has 1 saturated carbocycles. The molecule has 124 valence electrons. The van der Waals surface area contributed by atoms with Gasteiger partial charge in [-0.05, 0) is 31.2 Å². The second kappa shape index (κ2) is 6.37. The number of carbonyl (C=O) groups is 3. The molecule has 1 aliphatic rings. The van der Waals surface area contributed by atoms with E-state index >= 15 is 0 Å². The third-order valence-corrected chi connectivity index (χ3v) is 4.63. The fraction of sp³-hybridized carbons (Fsp3) is 0.400. The van der Waals surface area contributed by atoms with Crippen LogP contribution in [-0.2, 0) is 19.1 Å². The topological polar surface area (TPSA) is 84.5 Å². The van der Waals surface area contributed by atoms with Crippen LogP contribution in [0.1, 0.15) is 20.3 Å². The SMILES string of the molecule is CC(=O)Nc1ccc(NC(=O)COC(=O)[C@@]2(C)CC2(Cl)Cl)cc1. The standard InChI is InChI=1S/C15H16Cl2N2O4/c1-9(20)18-10-3-5-11(6-4-10)19-12(21)7-23-13(22)14(2)8-15(14,16)17/h3-6H,7-8H2,1-2H3,(H,18,20)(H,19,21)/t14-/m1/s1. The monoisotopic (exact) mass is 358 g/mol. The lowest BCUT2D eigenvalue weighted by atomic mass is 10.1. The molecule has 0 bridgehead atoms. The van der Waals surface area contributed by atoms with Crippen molar-refractivity contribution in [3.63, 3.8) is 0 Å². The lowest BCUT2D eigenvalue weighted by molar-refractivity contribution is -0.152. The van der Waals surface area contributed by atoms with Crippen LogP contribution in [0.15, 0.2) is 24.3 Å². The first-order valence-corrected chi connectivity index (χ1v) is 7.62. The fourth-order valence-electron chi connectivity index (χ4n) is 1.95. The zero-order valence-electron chi connectivity index (χ0n) is 12.6. The Hall–Kier alpha value is -1.79. The van der Waals surface area contributed by atoms with E-state index in [0.717, 1.165) is 0 Å². The second-order valence-electron chi connectivity index (χ2n) is 5.60. The summed E-state index contributed by atoms with van der Waals surface area (Å²) in [6, 6.07) is 6.53. The number of alkyl halides is 2. The zero-order chi connectivity index (χ0) is 17.3. The minimum absolute atomic E-state index is 0.183. The smallest absolute Gasteiger partial charge is 0.315 e. The highest BCUT2D eigenvalue weighted by Crippen LogP contribution is 2.64. The van der Waals surface area contributed by atoms with E-state index in [1.807, 2.05) is 0 Å². The number of anilines is 2. The maximum atomic E-state index is 11.8. The Kier molecular flexibility index (Phi) is 4.87. The van der Waals surface area contributed by atoms with Gasteiger partial charge in [-0.1, -0.05) is 0 Å². The van der Waals surface area contributed by atoms with Gasteiger partial charge in [0.25, 0.3) is 5.91 Å². The molecule has 2 N–H and O–H groups in total. The Morgan fingerprint density at radius 3 is 2.04 bits per heavy atom. The number of amides is 2. The number of hydrogen-bond acceptors (Lipinski definition) is 4. The van der Waals surface area contributed by atoms with Crippen molar-refractivity contribution in [2.45, 2.75) is 24.6 Å². The molecule has 1 aromatic rings. The molecule has 0 saturated heterocycles. The Bertz CT molecular complexity index is 645. The first kappa shape index (κ1) is 17.6. The molecule has 1 aromatic carbocycles. The summed E-state index contributed by atoms with van der Waals surface area (Å²) in [4.78, 5) is 34.5. The number of benzene rings is 1. The Morgan fingerprint density at radius 2 is 1.61 bits per heavy atom. The van der Waals surface area contributed by atoms with Gasteiger partial charge in [0.05, 0.1) is 0 Å². The van der Waals surface area contributed by atoms with Gasteiger partial charge in [0, 0.05) is 24.7 Å². The van der Waals surface area contributed by atoms with E-state index in [2.05, 4.69) is 10.6 Å². The molecule has 2 amide bonds. The molecular formula is C15H16Cl2N2O4. The van der Waals surface area contributed by atoms with Gasteiger partial charge >= 0.3 is 5.97 Å². The molecule has 0 aliphatic heterocycles. The van der Waals surface area contributed by atoms with Crippen molar-refractivity contribution >= 4 is 52.4 Å². The number of halogens is 2. The summed E-state index contributed by atoms with van der Waals surface area (Å²) in [5.74, 6) is -1.26. The van der Waals surface area contributed by atoms with Gasteiger partial charge in [-0.3, -0.25) is 14.4 Å². The van der Waals surface area contributed by atoms with Crippen LogP contribution in [0.3, 0.4) is 0 Å². The van der Waals surface area contributed by atoms with Crippen LogP contribution in [0.25, 0.3) is 0 Å². The van der Waals surface area contributed by atoms with E-state index in [1.54, 1.807) is 31.2 Å². The summed E-state index contributed by atoms with van der Waals surface area (Å²) in [5.41, 5.74) is 0.169. The lowest BCUT2D eigenvalue weighted by Gasteiger charge is -2.12. The predicted molar refractivity (Wildman–Crippen MR) is 87.5 cm³/mol. The van der Waals surface area contributed by atoms with Crippen molar-refractivity contribution < 1.29 is 19.1 Å². The van der Waals surface area contributed by atoms with Crippen molar-refractivity contribution in [2.75, 3.05) is 17.2 Å². The first-order valence-electron chi connectivity index (χ1n) is 6.87.